The Labute approximate surface area is 195 Å². The number of nitrogens with one attached hydrogen (secondary N) is 1. The zero-order valence-electron chi connectivity index (χ0n) is 18.4. The summed E-state index contributed by atoms with van der Waals surface area (Å²) >= 11 is 0. The molecule has 1 saturated heterocycles. The third-order valence-corrected chi connectivity index (χ3v) is 7.05. The highest BCUT2D eigenvalue weighted by Crippen LogP contribution is 2.53. The number of anilines is 1. The maximum Gasteiger partial charge on any atom is 0.296 e. The fourth-order valence-electron chi connectivity index (χ4n) is 5.48. The van der Waals surface area contributed by atoms with Gasteiger partial charge in [0.15, 0.2) is 0 Å². The fourth-order valence-corrected chi connectivity index (χ4v) is 5.48. The second kappa shape index (κ2) is 8.40. The van der Waals surface area contributed by atoms with Crippen molar-refractivity contribution in [1.82, 2.24) is 4.90 Å². The van der Waals surface area contributed by atoms with Crippen molar-refractivity contribution in [3.63, 3.8) is 0 Å². The molecular weight excluding hydrogens is 438 g/mol. The van der Waals surface area contributed by atoms with Crippen molar-refractivity contribution in [2.75, 3.05) is 12.4 Å². The summed E-state index contributed by atoms with van der Waals surface area (Å²) in [4.78, 5) is 52.4. The minimum absolute atomic E-state index is 0.0135. The molecule has 3 aliphatic rings. The molecular formula is C25H23N3O6. The number of fused-ring (bicyclic) bond motifs is 5. The summed E-state index contributed by atoms with van der Waals surface area (Å²) in [6, 6.07) is 12.0. The van der Waals surface area contributed by atoms with E-state index in [9.17, 15) is 24.5 Å². The Kier molecular flexibility index (Phi) is 5.39. The molecule has 2 aliphatic carbocycles. The van der Waals surface area contributed by atoms with Crippen molar-refractivity contribution in [3.05, 3.63) is 76.4 Å². The minimum atomic E-state index is -1.13. The van der Waals surface area contributed by atoms with Crippen LogP contribution in [0.25, 0.3) is 0 Å². The minimum Gasteiger partial charge on any atom is -0.496 e. The van der Waals surface area contributed by atoms with Crippen LogP contribution in [0, 0.1) is 33.8 Å². The Morgan fingerprint density at radius 3 is 2.35 bits per heavy atom. The van der Waals surface area contributed by atoms with Crippen molar-refractivity contribution in [1.29, 1.82) is 0 Å². The number of nitro groups is 1. The molecule has 2 aromatic rings. The summed E-state index contributed by atoms with van der Waals surface area (Å²) in [6.07, 6.45) is 4.88. The summed E-state index contributed by atoms with van der Waals surface area (Å²) in [7, 11) is 1.39. The Hall–Kier alpha value is -4.01. The summed E-state index contributed by atoms with van der Waals surface area (Å²) in [5.41, 5.74) is 0.393. The lowest BCUT2D eigenvalue weighted by Crippen LogP contribution is -2.49. The third kappa shape index (κ3) is 3.53. The number of ether oxygens (including phenoxy) is 1. The number of methoxy groups -OCH3 is 1. The monoisotopic (exact) mass is 461 g/mol. The lowest BCUT2D eigenvalue weighted by atomic mass is 9.85. The first-order valence-corrected chi connectivity index (χ1v) is 11.1. The summed E-state index contributed by atoms with van der Waals surface area (Å²) in [6.45, 7) is 0. The van der Waals surface area contributed by atoms with Gasteiger partial charge in [0.2, 0.25) is 17.7 Å². The van der Waals surface area contributed by atoms with Gasteiger partial charge < -0.3 is 10.1 Å². The molecule has 2 bridgehead atoms. The molecule has 9 heteroatoms. The number of carbonyl (C=O) groups excluding carboxylic acids is 3. The van der Waals surface area contributed by atoms with E-state index in [1.54, 1.807) is 0 Å². The molecule has 0 spiro atoms. The number of amides is 3. The number of hydrogen-bond acceptors (Lipinski definition) is 6. The van der Waals surface area contributed by atoms with Gasteiger partial charge in [-0.05, 0) is 36.0 Å². The van der Waals surface area contributed by atoms with E-state index in [4.69, 9.17) is 4.74 Å². The molecule has 34 heavy (non-hydrogen) atoms. The molecule has 9 nitrogen and oxygen atoms in total. The van der Waals surface area contributed by atoms with Crippen molar-refractivity contribution >= 4 is 29.1 Å². The van der Waals surface area contributed by atoms with Gasteiger partial charge in [-0.2, -0.15) is 0 Å². The van der Waals surface area contributed by atoms with Crippen LogP contribution in [0.4, 0.5) is 11.4 Å². The molecule has 0 radical (unpaired) electrons. The van der Waals surface area contributed by atoms with Crippen molar-refractivity contribution in [2.45, 2.75) is 18.9 Å². The Morgan fingerprint density at radius 1 is 1.12 bits per heavy atom. The quantitative estimate of drug-likeness (QED) is 0.293. The second-order valence-corrected chi connectivity index (χ2v) is 8.88. The number of hydrogen-bond donors (Lipinski definition) is 1. The lowest BCUT2D eigenvalue weighted by Gasteiger charge is -2.27. The van der Waals surface area contributed by atoms with Crippen LogP contribution in [0.1, 0.15) is 12.0 Å². The van der Waals surface area contributed by atoms with E-state index in [2.05, 4.69) is 5.32 Å². The average Bonchev–Trinajstić information content (AvgIpc) is 3.52. The smallest absolute Gasteiger partial charge is 0.296 e. The maximum absolute atomic E-state index is 13.5. The van der Waals surface area contributed by atoms with Crippen LogP contribution in [0.5, 0.6) is 5.75 Å². The van der Waals surface area contributed by atoms with Crippen LogP contribution in [0.3, 0.4) is 0 Å². The van der Waals surface area contributed by atoms with E-state index in [1.165, 1.54) is 25.3 Å². The molecule has 1 N–H and O–H groups in total. The summed E-state index contributed by atoms with van der Waals surface area (Å²) < 4.78 is 5.05. The second-order valence-electron chi connectivity index (χ2n) is 8.88. The highest BCUT2D eigenvalue weighted by atomic mass is 16.6. The fraction of sp³-hybridized carbons (Fsp3) is 0.320. The SMILES string of the molecule is COc1ccc(NC(=O)[C@@H](Cc2ccccc2)N2C(=O)[C@@H]3[C@@H](C2=O)[C@H]2C=C[C@H]3C2)c([N+](=O)[O-])c1. The van der Waals surface area contributed by atoms with Crippen LogP contribution < -0.4 is 10.1 Å². The van der Waals surface area contributed by atoms with Crippen molar-refractivity contribution in [3.8, 4) is 5.75 Å². The number of likely N-dealkylation sites (tertiary alicyclic amines) is 1. The molecule has 5 rings (SSSR count). The zero-order valence-corrected chi connectivity index (χ0v) is 18.4. The molecule has 1 saturated carbocycles. The van der Waals surface area contributed by atoms with E-state index < -0.39 is 28.7 Å². The third-order valence-electron chi connectivity index (χ3n) is 7.05. The van der Waals surface area contributed by atoms with Crippen molar-refractivity contribution < 1.29 is 24.0 Å². The van der Waals surface area contributed by atoms with Gasteiger partial charge in [-0.15, -0.1) is 0 Å². The molecule has 3 amide bonds. The normalized spacial score (nSPS) is 25.4. The van der Waals surface area contributed by atoms with Gasteiger partial charge in [-0.1, -0.05) is 42.5 Å². The molecule has 1 aliphatic heterocycles. The molecule has 2 fully saturated rings. The summed E-state index contributed by atoms with van der Waals surface area (Å²) in [5.74, 6) is -1.92. The predicted octanol–water partition coefficient (Wildman–Crippen LogP) is 2.96. The van der Waals surface area contributed by atoms with Gasteiger partial charge in [-0.3, -0.25) is 29.4 Å². The number of allylic oxidation sites excluding steroid dienone is 2. The first-order valence-electron chi connectivity index (χ1n) is 11.1. The molecule has 5 atom stereocenters. The van der Waals surface area contributed by atoms with Gasteiger partial charge in [0.25, 0.3) is 5.69 Å². The van der Waals surface area contributed by atoms with Gasteiger partial charge in [0.1, 0.15) is 17.5 Å². The average molecular weight is 461 g/mol. The lowest BCUT2D eigenvalue weighted by molar-refractivity contribution is -0.384. The van der Waals surface area contributed by atoms with Gasteiger partial charge in [0, 0.05) is 6.42 Å². The number of nitro benzene ring substituents is 1. The van der Waals surface area contributed by atoms with Crippen LogP contribution in [0.15, 0.2) is 60.7 Å². The van der Waals surface area contributed by atoms with Gasteiger partial charge in [-0.25, -0.2) is 0 Å². The first-order chi connectivity index (χ1) is 16.4. The number of nitrogens with zero attached hydrogens (tertiary/aromatic N) is 2. The standard InChI is InChI=1S/C25H23N3O6/c1-34-17-9-10-18(19(13-17)28(32)33)26-23(29)20(11-14-5-3-2-4-6-14)27-24(30)21-15-7-8-16(12-15)22(21)25(27)31/h2-10,13,15-16,20-22H,11-12H2,1H3,(H,26,29)/t15-,16-,20+,21-,22-/m0/s1. The van der Waals surface area contributed by atoms with E-state index in [1.807, 2.05) is 42.5 Å². The van der Waals surface area contributed by atoms with Crippen LogP contribution >= 0.6 is 0 Å². The van der Waals surface area contributed by atoms with Gasteiger partial charge in [0.05, 0.1) is 29.9 Å². The maximum atomic E-state index is 13.5. The van der Waals surface area contributed by atoms with Crippen LogP contribution in [-0.4, -0.2) is 40.7 Å². The topological polar surface area (TPSA) is 119 Å². The molecule has 1 heterocycles. The van der Waals surface area contributed by atoms with Crippen LogP contribution in [0.2, 0.25) is 0 Å². The number of carbonyl (C=O) groups is 3. The predicted molar refractivity (Wildman–Crippen MR) is 122 cm³/mol. The molecule has 174 valence electrons. The Balaban J connectivity index is 1.48. The molecule has 2 aromatic carbocycles. The first kappa shape index (κ1) is 21.8. The Morgan fingerprint density at radius 2 is 1.76 bits per heavy atom. The van der Waals surface area contributed by atoms with E-state index in [-0.39, 0.29) is 47.2 Å². The highest BCUT2D eigenvalue weighted by molar-refractivity contribution is 6.11. The van der Waals surface area contributed by atoms with E-state index in [0.29, 0.717) is 0 Å². The van der Waals surface area contributed by atoms with Crippen molar-refractivity contribution in [2.24, 2.45) is 23.7 Å². The Bertz CT molecular complexity index is 1180. The summed E-state index contributed by atoms with van der Waals surface area (Å²) in [5, 5.41) is 14.2. The molecule has 0 unspecified atom stereocenters. The largest absolute Gasteiger partial charge is 0.496 e. The van der Waals surface area contributed by atoms with Gasteiger partial charge >= 0.3 is 0 Å². The van der Waals surface area contributed by atoms with E-state index >= 15 is 0 Å². The zero-order chi connectivity index (χ0) is 24.0. The number of rotatable bonds is 7. The van der Waals surface area contributed by atoms with E-state index in [0.717, 1.165) is 16.9 Å². The number of benzene rings is 2. The molecule has 0 aromatic heterocycles. The highest BCUT2D eigenvalue weighted by Gasteiger charge is 2.61. The van der Waals surface area contributed by atoms with Crippen LogP contribution in [-0.2, 0) is 20.8 Å². The number of imide groups is 1.